The van der Waals surface area contributed by atoms with Crippen LogP contribution in [-0.2, 0) is 16.1 Å². The summed E-state index contributed by atoms with van der Waals surface area (Å²) in [4.78, 5) is 3.58. The summed E-state index contributed by atoms with van der Waals surface area (Å²) < 4.78 is 42.7. The van der Waals surface area contributed by atoms with Crippen LogP contribution in [0.15, 0.2) is 28.8 Å². The molecule has 0 spiro atoms. The lowest BCUT2D eigenvalue weighted by molar-refractivity contribution is 0.0551. The van der Waals surface area contributed by atoms with Crippen molar-refractivity contribution in [3.8, 4) is 11.4 Å². The zero-order chi connectivity index (χ0) is 18.0. The third-order valence-electron chi connectivity index (χ3n) is 3.20. The van der Waals surface area contributed by atoms with Crippen LogP contribution in [-0.4, -0.2) is 23.4 Å². The van der Waals surface area contributed by atoms with Gasteiger partial charge in [0.15, 0.2) is 0 Å². The molecule has 0 bridgehead atoms. The van der Waals surface area contributed by atoms with E-state index in [1.165, 1.54) is 0 Å². The number of aromatic nitrogens is 2. The number of hydrogen-bond acceptors (Lipinski definition) is 4. The molecule has 2 aromatic rings. The van der Waals surface area contributed by atoms with E-state index in [1.807, 2.05) is 13.8 Å². The fourth-order valence-electron chi connectivity index (χ4n) is 2.00. The highest BCUT2D eigenvalue weighted by atomic mass is 35.5. The molecule has 0 aliphatic heterocycles. The molecule has 0 saturated heterocycles. The SMILES string of the molecule is CC(C)CNP(C)(=O)Cc1ccc(-c2noc(C(F)(F)Cl)n2)cc1. The summed E-state index contributed by atoms with van der Waals surface area (Å²) in [7, 11) is -2.49. The van der Waals surface area contributed by atoms with Crippen LogP contribution in [0.1, 0.15) is 25.3 Å². The average Bonchev–Trinajstić information content (AvgIpc) is 2.96. The van der Waals surface area contributed by atoms with Crippen molar-refractivity contribution in [1.82, 2.24) is 15.2 Å². The Morgan fingerprint density at radius 2 is 1.96 bits per heavy atom. The molecule has 1 aromatic carbocycles. The summed E-state index contributed by atoms with van der Waals surface area (Å²) >= 11 is 4.84. The van der Waals surface area contributed by atoms with Gasteiger partial charge in [0.25, 0.3) is 0 Å². The average molecular weight is 378 g/mol. The van der Waals surface area contributed by atoms with Crippen LogP contribution in [0.5, 0.6) is 0 Å². The molecule has 0 aliphatic carbocycles. The van der Waals surface area contributed by atoms with Gasteiger partial charge in [-0.05, 0) is 23.1 Å². The van der Waals surface area contributed by atoms with Gasteiger partial charge >= 0.3 is 11.3 Å². The van der Waals surface area contributed by atoms with Crippen LogP contribution < -0.4 is 5.09 Å². The molecule has 1 N–H and O–H groups in total. The molecule has 132 valence electrons. The summed E-state index contributed by atoms with van der Waals surface area (Å²) in [6.07, 6.45) is 0.400. The van der Waals surface area contributed by atoms with E-state index in [9.17, 15) is 13.3 Å². The second kappa shape index (κ2) is 7.30. The van der Waals surface area contributed by atoms with E-state index in [1.54, 1.807) is 30.9 Å². The number of alkyl halides is 3. The van der Waals surface area contributed by atoms with Gasteiger partial charge in [-0.2, -0.15) is 13.8 Å². The fourth-order valence-corrected chi connectivity index (χ4v) is 3.84. The molecular formula is C15H19ClF2N3O2P. The number of benzene rings is 1. The Labute approximate surface area is 144 Å². The standard InChI is InChI=1S/C15H19ClF2N3O2P/c1-10(2)8-19-24(3,22)9-11-4-6-12(7-5-11)13-20-14(23-21-13)15(16,17)18/h4-7,10H,8-9H2,1-3H3,(H,19,22). The quantitative estimate of drug-likeness (QED) is 0.560. The molecule has 2 rings (SSSR count). The zero-order valence-electron chi connectivity index (χ0n) is 13.6. The van der Waals surface area contributed by atoms with Gasteiger partial charge in [-0.25, -0.2) is 0 Å². The number of nitrogens with zero attached hydrogens (tertiary/aromatic N) is 2. The molecule has 5 nitrogen and oxygen atoms in total. The minimum atomic E-state index is -3.69. The van der Waals surface area contributed by atoms with Crippen molar-refractivity contribution >= 4 is 18.9 Å². The Morgan fingerprint density at radius 3 is 2.46 bits per heavy atom. The van der Waals surface area contributed by atoms with Gasteiger partial charge in [-0.1, -0.05) is 43.3 Å². The molecule has 0 aliphatic rings. The minimum Gasteiger partial charge on any atom is -0.331 e. The fraction of sp³-hybridized carbons (Fsp3) is 0.467. The van der Waals surface area contributed by atoms with Crippen LogP contribution in [0, 0.1) is 5.92 Å². The van der Waals surface area contributed by atoms with E-state index < -0.39 is 18.6 Å². The number of halogens is 3. The molecule has 1 unspecified atom stereocenters. The third-order valence-corrected chi connectivity index (χ3v) is 5.18. The van der Waals surface area contributed by atoms with Crippen molar-refractivity contribution in [2.45, 2.75) is 25.4 Å². The molecule has 1 atom stereocenters. The maximum absolute atomic E-state index is 12.9. The van der Waals surface area contributed by atoms with Crippen molar-refractivity contribution in [2.75, 3.05) is 13.2 Å². The largest absolute Gasteiger partial charge is 0.400 e. The van der Waals surface area contributed by atoms with E-state index in [-0.39, 0.29) is 5.82 Å². The molecule has 0 saturated carbocycles. The minimum absolute atomic E-state index is 0.0227. The monoisotopic (exact) mass is 377 g/mol. The lowest BCUT2D eigenvalue weighted by atomic mass is 10.1. The Bertz CT molecular complexity index is 729. The van der Waals surface area contributed by atoms with Crippen LogP contribution >= 0.6 is 18.9 Å². The maximum atomic E-state index is 12.9. The van der Waals surface area contributed by atoms with E-state index in [0.717, 1.165) is 5.56 Å². The zero-order valence-corrected chi connectivity index (χ0v) is 15.2. The topological polar surface area (TPSA) is 68.0 Å². The van der Waals surface area contributed by atoms with Gasteiger partial charge in [0, 0.05) is 24.9 Å². The molecule has 0 radical (unpaired) electrons. The normalized spacial score (nSPS) is 14.8. The van der Waals surface area contributed by atoms with Gasteiger partial charge in [-0.15, -0.1) is 0 Å². The third kappa shape index (κ3) is 5.36. The van der Waals surface area contributed by atoms with Gasteiger partial charge in [0.1, 0.15) is 7.29 Å². The summed E-state index contributed by atoms with van der Waals surface area (Å²) in [6.45, 7) is 6.48. The van der Waals surface area contributed by atoms with Crippen molar-refractivity contribution in [1.29, 1.82) is 0 Å². The van der Waals surface area contributed by atoms with Gasteiger partial charge in [-0.3, -0.25) is 5.09 Å². The first-order valence-corrected chi connectivity index (χ1v) is 10.1. The highest BCUT2D eigenvalue weighted by Crippen LogP contribution is 2.40. The smallest absolute Gasteiger partial charge is 0.331 e. The lowest BCUT2D eigenvalue weighted by Crippen LogP contribution is -2.17. The second-order valence-corrected chi connectivity index (χ2v) is 9.44. The van der Waals surface area contributed by atoms with E-state index in [4.69, 9.17) is 11.6 Å². The maximum Gasteiger partial charge on any atom is 0.400 e. The first-order chi connectivity index (χ1) is 11.1. The van der Waals surface area contributed by atoms with Gasteiger partial charge in [0.2, 0.25) is 5.82 Å². The molecule has 0 fully saturated rings. The van der Waals surface area contributed by atoms with Gasteiger partial charge in [0.05, 0.1) is 0 Å². The van der Waals surface area contributed by atoms with E-state index in [2.05, 4.69) is 19.8 Å². The van der Waals surface area contributed by atoms with Crippen molar-refractivity contribution in [3.05, 3.63) is 35.7 Å². The highest BCUT2D eigenvalue weighted by Gasteiger charge is 2.35. The molecule has 0 amide bonds. The molecule has 1 aromatic heterocycles. The van der Waals surface area contributed by atoms with Crippen molar-refractivity contribution < 1.29 is 17.9 Å². The first kappa shape index (κ1) is 19.0. The molecular weight excluding hydrogens is 359 g/mol. The molecule has 1 heterocycles. The van der Waals surface area contributed by atoms with Crippen LogP contribution in [0.3, 0.4) is 0 Å². The van der Waals surface area contributed by atoms with Gasteiger partial charge < -0.3 is 9.09 Å². The van der Waals surface area contributed by atoms with Crippen LogP contribution in [0.25, 0.3) is 11.4 Å². The number of hydrogen-bond donors (Lipinski definition) is 1. The summed E-state index contributed by atoms with van der Waals surface area (Å²) in [5.41, 5.74) is 1.38. The molecule has 9 heteroatoms. The predicted octanol–water partition coefficient (Wildman–Crippen LogP) is 4.68. The number of rotatable bonds is 7. The summed E-state index contributed by atoms with van der Waals surface area (Å²) in [5, 5.41) is 2.89. The van der Waals surface area contributed by atoms with Crippen molar-refractivity contribution in [3.63, 3.8) is 0 Å². The summed E-state index contributed by atoms with van der Waals surface area (Å²) in [6, 6.07) is 6.85. The Morgan fingerprint density at radius 1 is 1.33 bits per heavy atom. The van der Waals surface area contributed by atoms with Crippen LogP contribution in [0.2, 0.25) is 0 Å². The highest BCUT2D eigenvalue weighted by molar-refractivity contribution is 7.60. The first-order valence-electron chi connectivity index (χ1n) is 7.39. The molecule has 24 heavy (non-hydrogen) atoms. The number of nitrogens with one attached hydrogen (secondary N) is 1. The Kier molecular flexibility index (Phi) is 5.78. The Hall–Kier alpha value is -1.30. The lowest BCUT2D eigenvalue weighted by Gasteiger charge is -2.16. The van der Waals surface area contributed by atoms with E-state index >= 15 is 0 Å². The second-order valence-electron chi connectivity index (χ2n) is 6.13. The summed E-state index contributed by atoms with van der Waals surface area (Å²) in [5.74, 6) is -0.512. The van der Waals surface area contributed by atoms with Crippen molar-refractivity contribution in [2.24, 2.45) is 5.92 Å². The van der Waals surface area contributed by atoms with E-state index in [0.29, 0.717) is 24.2 Å². The van der Waals surface area contributed by atoms with Crippen LogP contribution in [0.4, 0.5) is 8.78 Å². The predicted molar refractivity (Wildman–Crippen MR) is 89.6 cm³/mol. The Balaban J connectivity index is 2.08.